The molecule has 160 valence electrons. The van der Waals surface area contributed by atoms with Gasteiger partial charge in [0.15, 0.2) is 5.69 Å². The van der Waals surface area contributed by atoms with Crippen LogP contribution in [0, 0.1) is 11.3 Å². The summed E-state index contributed by atoms with van der Waals surface area (Å²) in [4.78, 5) is 27.8. The highest BCUT2D eigenvalue weighted by molar-refractivity contribution is 9.10. The number of hydrogen-bond acceptors (Lipinski definition) is 6. The van der Waals surface area contributed by atoms with Gasteiger partial charge in [-0.25, -0.2) is 9.44 Å². The molecule has 3 rings (SSSR count). The van der Waals surface area contributed by atoms with Gasteiger partial charge in [-0.15, -0.1) is 0 Å². The first-order valence-corrected chi connectivity index (χ1v) is 9.77. The van der Waals surface area contributed by atoms with E-state index in [-0.39, 0.29) is 33.0 Å². The Morgan fingerprint density at radius 1 is 1.23 bits per heavy atom. The van der Waals surface area contributed by atoms with Crippen LogP contribution in [-0.2, 0) is 12.7 Å². The SMILES string of the molecule is N#Cc1cc(Cl)cc(Oc2c(C(F)(F)F)ncn(Cc3cc(Br)c(=O)n(P)n3)c2=O)c1. The molecule has 1 aromatic carbocycles. The minimum absolute atomic E-state index is 0.0250. The zero-order valence-corrected chi connectivity index (χ0v) is 18.5. The zero-order chi connectivity index (χ0) is 22.9. The smallest absolute Gasteiger partial charge is 0.437 e. The average Bonchev–Trinajstić information content (AvgIpc) is 2.67. The van der Waals surface area contributed by atoms with Gasteiger partial charge in [-0.2, -0.15) is 23.5 Å². The Morgan fingerprint density at radius 2 is 1.94 bits per heavy atom. The molecular weight excluding hydrogens is 526 g/mol. The molecule has 1 atom stereocenters. The van der Waals surface area contributed by atoms with Crippen molar-refractivity contribution in [3.63, 3.8) is 0 Å². The lowest BCUT2D eigenvalue weighted by molar-refractivity contribution is -0.142. The van der Waals surface area contributed by atoms with E-state index in [9.17, 15) is 22.8 Å². The number of benzene rings is 1. The van der Waals surface area contributed by atoms with Gasteiger partial charge in [-0.3, -0.25) is 14.2 Å². The van der Waals surface area contributed by atoms with Crippen LogP contribution in [0.2, 0.25) is 5.02 Å². The average molecular weight is 535 g/mol. The Bertz CT molecular complexity index is 1310. The monoisotopic (exact) mass is 533 g/mol. The summed E-state index contributed by atoms with van der Waals surface area (Å²) < 4.78 is 47.4. The third-order valence-corrected chi connectivity index (χ3v) is 4.90. The van der Waals surface area contributed by atoms with E-state index < -0.39 is 28.7 Å². The van der Waals surface area contributed by atoms with Crippen molar-refractivity contribution in [2.24, 2.45) is 0 Å². The highest BCUT2D eigenvalue weighted by atomic mass is 79.9. The van der Waals surface area contributed by atoms with Gasteiger partial charge < -0.3 is 4.74 Å². The summed E-state index contributed by atoms with van der Waals surface area (Å²) in [5.41, 5.74) is -2.95. The summed E-state index contributed by atoms with van der Waals surface area (Å²) in [6, 6.07) is 6.67. The molecule has 1 unspecified atom stereocenters. The maximum Gasteiger partial charge on any atom is 0.437 e. The Labute approximate surface area is 187 Å². The fraction of sp³-hybridized carbons (Fsp3) is 0.118. The van der Waals surface area contributed by atoms with E-state index >= 15 is 0 Å². The van der Waals surface area contributed by atoms with Crippen LogP contribution >= 0.6 is 36.9 Å². The predicted molar refractivity (Wildman–Crippen MR) is 110 cm³/mol. The Hall–Kier alpha value is -2.74. The molecule has 3 aromatic rings. The molecule has 0 saturated heterocycles. The standard InChI is InChI=1S/C17H9BrClF3N5O3P/c18-12-4-10(25-27(31)15(12)28)6-26-7-24-14(17(20,21)22)13(16(26)29)30-11-2-8(5-23)1-9(19)3-11/h1-4,7H,6,31H2. The highest BCUT2D eigenvalue weighted by Gasteiger charge is 2.38. The molecule has 0 aliphatic rings. The number of aromatic nitrogens is 4. The molecule has 2 heterocycles. The van der Waals surface area contributed by atoms with Crippen LogP contribution in [-0.4, -0.2) is 19.1 Å². The fourth-order valence-corrected chi connectivity index (χ4v) is 3.61. The molecular formula is C17H9BrClF3N5O3P. The molecule has 2 aromatic heterocycles. The van der Waals surface area contributed by atoms with E-state index in [1.165, 1.54) is 12.1 Å². The van der Waals surface area contributed by atoms with Gasteiger partial charge in [0.05, 0.1) is 34.7 Å². The molecule has 0 amide bonds. The molecule has 0 bridgehead atoms. The second kappa shape index (κ2) is 8.78. The molecule has 14 heteroatoms. The van der Waals surface area contributed by atoms with Crippen molar-refractivity contribution in [3.05, 3.63) is 77.7 Å². The minimum Gasteiger partial charge on any atom is -0.449 e. The first kappa shape index (κ1) is 22.9. The number of alkyl halides is 3. The van der Waals surface area contributed by atoms with Crippen molar-refractivity contribution in [2.45, 2.75) is 12.7 Å². The molecule has 0 radical (unpaired) electrons. The van der Waals surface area contributed by atoms with Gasteiger partial charge in [0.2, 0.25) is 5.75 Å². The van der Waals surface area contributed by atoms with Crippen LogP contribution in [0.1, 0.15) is 17.0 Å². The van der Waals surface area contributed by atoms with Gasteiger partial charge in [0.1, 0.15) is 5.75 Å². The van der Waals surface area contributed by atoms with Crippen LogP contribution in [0.15, 0.2) is 44.7 Å². The topological polar surface area (TPSA) is 103 Å². The second-order valence-electron chi connectivity index (χ2n) is 5.98. The summed E-state index contributed by atoms with van der Waals surface area (Å²) in [5, 5.41) is 13.0. The molecule has 0 N–H and O–H groups in total. The first-order chi connectivity index (χ1) is 14.5. The summed E-state index contributed by atoms with van der Waals surface area (Å²) >= 11 is 8.89. The lowest BCUT2D eigenvalue weighted by Gasteiger charge is -2.15. The number of ether oxygens (including phenoxy) is 1. The minimum atomic E-state index is -4.99. The Balaban J connectivity index is 2.11. The quantitative estimate of drug-likeness (QED) is 0.474. The number of rotatable bonds is 4. The molecule has 0 spiro atoms. The summed E-state index contributed by atoms with van der Waals surface area (Å²) in [6.07, 6.45) is -4.29. The maximum absolute atomic E-state index is 13.4. The third-order valence-electron chi connectivity index (χ3n) is 3.76. The van der Waals surface area contributed by atoms with Crippen LogP contribution in [0.3, 0.4) is 0 Å². The van der Waals surface area contributed by atoms with Gasteiger partial charge in [0.25, 0.3) is 11.1 Å². The molecule has 31 heavy (non-hydrogen) atoms. The summed E-state index contributed by atoms with van der Waals surface area (Å²) in [6.45, 7) is -0.299. The van der Waals surface area contributed by atoms with Crippen molar-refractivity contribution < 1.29 is 17.9 Å². The van der Waals surface area contributed by atoms with Crippen LogP contribution in [0.5, 0.6) is 11.5 Å². The van der Waals surface area contributed by atoms with Crippen molar-refractivity contribution >= 4 is 36.9 Å². The fourth-order valence-electron chi connectivity index (χ4n) is 2.46. The molecule has 0 fully saturated rings. The van der Waals surface area contributed by atoms with E-state index in [1.807, 2.05) is 0 Å². The largest absolute Gasteiger partial charge is 0.449 e. The van der Waals surface area contributed by atoms with Gasteiger partial charge in [-0.05, 0) is 49.6 Å². The first-order valence-electron chi connectivity index (χ1n) is 8.08. The summed E-state index contributed by atoms with van der Waals surface area (Å²) in [5.74, 6) is -1.34. The van der Waals surface area contributed by atoms with E-state index in [2.05, 4.69) is 35.4 Å². The van der Waals surface area contributed by atoms with Crippen molar-refractivity contribution in [1.82, 2.24) is 19.1 Å². The van der Waals surface area contributed by atoms with Crippen molar-refractivity contribution in [2.75, 3.05) is 0 Å². The normalized spacial score (nSPS) is 11.3. The third kappa shape index (κ3) is 5.12. The Morgan fingerprint density at radius 3 is 2.55 bits per heavy atom. The maximum atomic E-state index is 13.4. The zero-order valence-electron chi connectivity index (χ0n) is 15.0. The lowest BCUT2D eigenvalue weighted by atomic mass is 10.2. The second-order valence-corrected chi connectivity index (χ2v) is 7.76. The van der Waals surface area contributed by atoms with Crippen LogP contribution in [0.25, 0.3) is 0 Å². The summed E-state index contributed by atoms with van der Waals surface area (Å²) in [7, 11) is 2.05. The van der Waals surface area contributed by atoms with Gasteiger partial charge >= 0.3 is 6.18 Å². The van der Waals surface area contributed by atoms with Gasteiger partial charge in [-0.1, -0.05) is 11.6 Å². The number of nitriles is 1. The number of nitrogens with zero attached hydrogens (tertiary/aromatic N) is 5. The molecule has 0 aliphatic heterocycles. The lowest BCUT2D eigenvalue weighted by Crippen LogP contribution is -2.28. The van der Waals surface area contributed by atoms with Crippen molar-refractivity contribution in [3.8, 4) is 17.6 Å². The van der Waals surface area contributed by atoms with E-state index in [1.54, 1.807) is 6.07 Å². The van der Waals surface area contributed by atoms with E-state index in [0.29, 0.717) is 6.33 Å². The highest BCUT2D eigenvalue weighted by Crippen LogP contribution is 2.35. The van der Waals surface area contributed by atoms with Crippen LogP contribution in [0.4, 0.5) is 13.2 Å². The predicted octanol–water partition coefficient (Wildman–Crippen LogP) is 3.59. The van der Waals surface area contributed by atoms with Crippen LogP contribution < -0.4 is 15.9 Å². The van der Waals surface area contributed by atoms with Crippen molar-refractivity contribution in [1.29, 1.82) is 5.26 Å². The molecule has 8 nitrogen and oxygen atoms in total. The molecule has 0 aliphatic carbocycles. The number of hydrogen-bond donors (Lipinski definition) is 0. The Kier molecular flexibility index (Phi) is 6.50. The van der Waals surface area contributed by atoms with Gasteiger partial charge in [0, 0.05) is 5.02 Å². The van der Waals surface area contributed by atoms with E-state index in [4.69, 9.17) is 21.6 Å². The van der Waals surface area contributed by atoms with E-state index in [0.717, 1.165) is 21.2 Å². The number of halogens is 5. The molecule has 0 saturated carbocycles.